The van der Waals surface area contributed by atoms with Gasteiger partial charge in [0.05, 0.1) is 5.69 Å². The van der Waals surface area contributed by atoms with E-state index in [2.05, 4.69) is 15.3 Å². The van der Waals surface area contributed by atoms with Gasteiger partial charge in [-0.15, -0.1) is 11.3 Å². The third kappa shape index (κ3) is 3.12. The Kier molecular flexibility index (Phi) is 4.01. The molecule has 2 aromatic rings. The van der Waals surface area contributed by atoms with Gasteiger partial charge in [0.15, 0.2) is 0 Å². The number of carbonyl (C=O) groups is 1. The molecule has 2 N–H and O–H groups in total. The lowest BCUT2D eigenvalue weighted by Crippen LogP contribution is -2.15. The van der Waals surface area contributed by atoms with E-state index in [-0.39, 0.29) is 0 Å². The number of aromatic nitrogens is 2. The summed E-state index contributed by atoms with van der Waals surface area (Å²) in [5, 5.41) is 13.9. The Labute approximate surface area is 109 Å². The fraction of sp³-hybridized carbons (Fsp3) is 0.250. The average molecular weight is 263 g/mol. The summed E-state index contributed by atoms with van der Waals surface area (Å²) in [6.07, 6.45) is 1.71. The molecule has 0 aliphatic rings. The number of hydrogen-bond acceptors (Lipinski definition) is 5. The van der Waals surface area contributed by atoms with Crippen molar-refractivity contribution in [1.82, 2.24) is 15.3 Å². The zero-order valence-corrected chi connectivity index (χ0v) is 10.7. The van der Waals surface area contributed by atoms with Gasteiger partial charge < -0.3 is 10.4 Å². The highest BCUT2D eigenvalue weighted by Gasteiger charge is 2.10. The Morgan fingerprint density at radius 2 is 2.28 bits per heavy atom. The largest absolute Gasteiger partial charge is 0.477 e. The van der Waals surface area contributed by atoms with Crippen molar-refractivity contribution in [3.8, 4) is 0 Å². The number of nitrogens with zero attached hydrogens (tertiary/aromatic N) is 2. The molecule has 5 nitrogen and oxygen atoms in total. The summed E-state index contributed by atoms with van der Waals surface area (Å²) in [6, 6.07) is 3.66. The van der Waals surface area contributed by atoms with Crippen LogP contribution in [0.4, 0.5) is 0 Å². The molecule has 0 spiro atoms. The highest BCUT2D eigenvalue weighted by molar-refractivity contribution is 7.12. The first-order valence-electron chi connectivity index (χ1n) is 5.45. The predicted octanol–water partition coefficient (Wildman–Crippen LogP) is 1.83. The Hall–Kier alpha value is -1.79. The summed E-state index contributed by atoms with van der Waals surface area (Å²) in [7, 11) is 0. The zero-order valence-electron chi connectivity index (χ0n) is 9.88. The van der Waals surface area contributed by atoms with Crippen molar-refractivity contribution in [1.29, 1.82) is 0 Å². The summed E-state index contributed by atoms with van der Waals surface area (Å²) >= 11 is 1.24. The number of nitrogens with one attached hydrogen (secondary N) is 1. The number of thiophene rings is 1. The van der Waals surface area contributed by atoms with Crippen LogP contribution in [0.25, 0.3) is 0 Å². The number of aryl methyl sites for hydroxylation is 1. The highest BCUT2D eigenvalue weighted by Crippen LogP contribution is 2.16. The average Bonchev–Trinajstić information content (AvgIpc) is 2.77. The van der Waals surface area contributed by atoms with E-state index in [0.29, 0.717) is 18.0 Å². The normalized spacial score (nSPS) is 10.5. The van der Waals surface area contributed by atoms with Crippen LogP contribution in [0.3, 0.4) is 0 Å². The Morgan fingerprint density at radius 3 is 3.00 bits per heavy atom. The van der Waals surface area contributed by atoms with Crippen LogP contribution >= 0.6 is 11.3 Å². The third-order valence-electron chi connectivity index (χ3n) is 2.40. The van der Waals surface area contributed by atoms with Gasteiger partial charge in [0.1, 0.15) is 10.7 Å². The number of aromatic carboxylic acids is 1. The molecule has 2 heterocycles. The van der Waals surface area contributed by atoms with E-state index in [1.807, 2.05) is 19.1 Å². The SMILES string of the molecule is Cc1nccc(CNCc2ccsc2C(=O)O)n1. The minimum Gasteiger partial charge on any atom is -0.477 e. The molecular formula is C12H13N3O2S. The topological polar surface area (TPSA) is 75.1 Å². The van der Waals surface area contributed by atoms with Crippen LogP contribution in [0.5, 0.6) is 0 Å². The standard InChI is InChI=1S/C12H13N3O2S/c1-8-14-4-2-10(15-8)7-13-6-9-3-5-18-11(9)12(16)17/h2-5,13H,6-7H2,1H3,(H,16,17). The number of rotatable bonds is 5. The lowest BCUT2D eigenvalue weighted by Gasteiger charge is -2.04. The number of carboxylic acids is 1. The van der Waals surface area contributed by atoms with Crippen molar-refractivity contribution >= 4 is 17.3 Å². The van der Waals surface area contributed by atoms with Crippen LogP contribution in [0, 0.1) is 6.92 Å². The summed E-state index contributed by atoms with van der Waals surface area (Å²) < 4.78 is 0. The van der Waals surface area contributed by atoms with E-state index in [1.165, 1.54) is 11.3 Å². The summed E-state index contributed by atoms with van der Waals surface area (Å²) in [5.74, 6) is -0.143. The van der Waals surface area contributed by atoms with E-state index in [0.717, 1.165) is 17.1 Å². The highest BCUT2D eigenvalue weighted by atomic mass is 32.1. The fourth-order valence-electron chi connectivity index (χ4n) is 1.59. The minimum atomic E-state index is -0.875. The van der Waals surface area contributed by atoms with Crippen molar-refractivity contribution in [3.63, 3.8) is 0 Å². The molecule has 0 radical (unpaired) electrons. The fourth-order valence-corrected chi connectivity index (χ4v) is 2.35. The molecule has 6 heteroatoms. The predicted molar refractivity (Wildman–Crippen MR) is 68.6 cm³/mol. The molecule has 0 aromatic carbocycles. The number of carboxylic acid groups (broad SMARTS) is 1. The Morgan fingerprint density at radius 1 is 1.44 bits per heavy atom. The van der Waals surface area contributed by atoms with Crippen LogP contribution in [0.2, 0.25) is 0 Å². The van der Waals surface area contributed by atoms with Gasteiger partial charge in [0.25, 0.3) is 0 Å². The van der Waals surface area contributed by atoms with Crippen LogP contribution in [0.1, 0.15) is 26.8 Å². The van der Waals surface area contributed by atoms with Crippen LogP contribution < -0.4 is 5.32 Å². The molecule has 0 aliphatic heterocycles. The van der Waals surface area contributed by atoms with Crippen LogP contribution in [-0.2, 0) is 13.1 Å². The molecule has 0 saturated carbocycles. The smallest absolute Gasteiger partial charge is 0.346 e. The van der Waals surface area contributed by atoms with Crippen molar-refractivity contribution in [2.45, 2.75) is 20.0 Å². The molecular weight excluding hydrogens is 250 g/mol. The minimum absolute atomic E-state index is 0.390. The van der Waals surface area contributed by atoms with E-state index >= 15 is 0 Å². The molecule has 0 saturated heterocycles. The second kappa shape index (κ2) is 5.70. The van der Waals surface area contributed by atoms with Gasteiger partial charge >= 0.3 is 5.97 Å². The van der Waals surface area contributed by atoms with Crippen molar-refractivity contribution in [3.05, 3.63) is 45.7 Å². The van der Waals surface area contributed by atoms with E-state index in [1.54, 1.807) is 11.6 Å². The molecule has 0 atom stereocenters. The maximum Gasteiger partial charge on any atom is 0.346 e. The summed E-state index contributed by atoms with van der Waals surface area (Å²) in [4.78, 5) is 19.6. The van der Waals surface area contributed by atoms with Crippen LogP contribution in [-0.4, -0.2) is 21.0 Å². The first-order chi connectivity index (χ1) is 8.66. The quantitative estimate of drug-likeness (QED) is 0.860. The maximum atomic E-state index is 10.9. The lowest BCUT2D eigenvalue weighted by molar-refractivity contribution is 0.0701. The van der Waals surface area contributed by atoms with Gasteiger partial charge in [0, 0.05) is 19.3 Å². The first-order valence-corrected chi connectivity index (χ1v) is 6.33. The zero-order chi connectivity index (χ0) is 13.0. The second-order valence-corrected chi connectivity index (χ2v) is 4.69. The molecule has 0 aliphatic carbocycles. The first kappa shape index (κ1) is 12.7. The van der Waals surface area contributed by atoms with E-state index in [4.69, 9.17) is 5.11 Å². The van der Waals surface area contributed by atoms with Crippen molar-refractivity contribution in [2.24, 2.45) is 0 Å². The van der Waals surface area contributed by atoms with Gasteiger partial charge in [-0.3, -0.25) is 0 Å². The third-order valence-corrected chi connectivity index (χ3v) is 3.34. The van der Waals surface area contributed by atoms with Gasteiger partial charge in [-0.05, 0) is 30.0 Å². The molecule has 0 bridgehead atoms. The van der Waals surface area contributed by atoms with Crippen molar-refractivity contribution in [2.75, 3.05) is 0 Å². The van der Waals surface area contributed by atoms with Gasteiger partial charge in [-0.1, -0.05) is 0 Å². The molecule has 18 heavy (non-hydrogen) atoms. The molecule has 0 unspecified atom stereocenters. The van der Waals surface area contributed by atoms with Crippen molar-refractivity contribution < 1.29 is 9.90 Å². The summed E-state index contributed by atoms with van der Waals surface area (Å²) in [5.41, 5.74) is 1.70. The molecule has 94 valence electrons. The Balaban J connectivity index is 1.92. The van der Waals surface area contributed by atoms with Gasteiger partial charge in [-0.2, -0.15) is 0 Å². The molecule has 0 amide bonds. The molecule has 2 aromatic heterocycles. The van der Waals surface area contributed by atoms with Gasteiger partial charge in [-0.25, -0.2) is 14.8 Å². The van der Waals surface area contributed by atoms with E-state index in [9.17, 15) is 4.79 Å². The monoisotopic (exact) mass is 263 g/mol. The second-order valence-electron chi connectivity index (χ2n) is 3.78. The Bertz CT molecular complexity index is 554. The maximum absolute atomic E-state index is 10.9. The lowest BCUT2D eigenvalue weighted by atomic mass is 10.2. The molecule has 0 fully saturated rings. The van der Waals surface area contributed by atoms with Crippen LogP contribution in [0.15, 0.2) is 23.7 Å². The molecule has 2 rings (SSSR count). The van der Waals surface area contributed by atoms with Gasteiger partial charge in [0.2, 0.25) is 0 Å². The summed E-state index contributed by atoms with van der Waals surface area (Å²) in [6.45, 7) is 2.96. The van der Waals surface area contributed by atoms with E-state index < -0.39 is 5.97 Å². The number of hydrogen-bond donors (Lipinski definition) is 2.